The number of nitrogens with one attached hydrogen (secondary N) is 2. The van der Waals surface area contributed by atoms with Gasteiger partial charge < -0.3 is 15.1 Å². The van der Waals surface area contributed by atoms with Gasteiger partial charge >= 0.3 is 0 Å². The number of anilines is 1. The van der Waals surface area contributed by atoms with Gasteiger partial charge in [0.1, 0.15) is 5.76 Å². The van der Waals surface area contributed by atoms with Gasteiger partial charge in [-0.3, -0.25) is 4.79 Å². The zero-order chi connectivity index (χ0) is 17.9. The molecular formula is C19H27N3O2. The molecule has 1 aromatic carbocycles. The molecule has 0 aliphatic heterocycles. The Labute approximate surface area is 143 Å². The Bertz CT molecular complexity index is 700. The van der Waals surface area contributed by atoms with Crippen molar-refractivity contribution in [2.75, 3.05) is 5.32 Å². The fourth-order valence-electron chi connectivity index (χ4n) is 2.32. The van der Waals surface area contributed by atoms with Crippen LogP contribution >= 0.6 is 0 Å². The first-order chi connectivity index (χ1) is 11.3. The molecule has 2 rings (SSSR count). The number of oxazole rings is 1. The highest BCUT2D eigenvalue weighted by Crippen LogP contribution is 2.21. The normalized spacial score (nSPS) is 12.3. The summed E-state index contributed by atoms with van der Waals surface area (Å²) in [6.45, 7) is 12.5. The van der Waals surface area contributed by atoms with Crippen LogP contribution in [0.3, 0.4) is 0 Å². The van der Waals surface area contributed by atoms with E-state index in [4.69, 9.17) is 4.42 Å². The van der Waals surface area contributed by atoms with Crippen molar-refractivity contribution < 1.29 is 9.21 Å². The standard InChI is InChI=1S/C19H27N3O2/c1-11(2)13(4)21-17-9-7-8-16(12(17)3)19(23)20-10-18-22-14(5)15(6)24-18/h7-9,11,13,21H,10H2,1-6H3,(H,20,23). The fraction of sp³-hybridized carbons (Fsp3) is 0.474. The van der Waals surface area contributed by atoms with Crippen molar-refractivity contribution in [2.24, 2.45) is 5.92 Å². The maximum atomic E-state index is 12.5. The van der Waals surface area contributed by atoms with Crippen LogP contribution in [-0.4, -0.2) is 16.9 Å². The summed E-state index contributed by atoms with van der Waals surface area (Å²) in [5, 5.41) is 6.36. The van der Waals surface area contributed by atoms with Gasteiger partial charge in [0.05, 0.1) is 12.2 Å². The van der Waals surface area contributed by atoms with Gasteiger partial charge in [-0.15, -0.1) is 0 Å². The highest BCUT2D eigenvalue weighted by atomic mass is 16.4. The molecule has 24 heavy (non-hydrogen) atoms. The van der Waals surface area contributed by atoms with E-state index in [1.54, 1.807) is 0 Å². The molecule has 0 aliphatic carbocycles. The van der Waals surface area contributed by atoms with Gasteiger partial charge in [-0.2, -0.15) is 0 Å². The van der Waals surface area contributed by atoms with Crippen molar-refractivity contribution in [3.05, 3.63) is 46.7 Å². The monoisotopic (exact) mass is 329 g/mol. The van der Waals surface area contributed by atoms with E-state index in [2.05, 4.69) is 36.4 Å². The maximum absolute atomic E-state index is 12.5. The second-order valence-corrected chi connectivity index (χ2v) is 6.59. The molecule has 0 saturated carbocycles. The molecule has 1 heterocycles. The number of aryl methyl sites for hydroxylation is 2. The minimum absolute atomic E-state index is 0.123. The topological polar surface area (TPSA) is 67.2 Å². The lowest BCUT2D eigenvalue weighted by atomic mass is 10.0. The Morgan fingerprint density at radius 2 is 1.92 bits per heavy atom. The van der Waals surface area contributed by atoms with E-state index >= 15 is 0 Å². The van der Waals surface area contributed by atoms with Gasteiger partial charge in [-0.1, -0.05) is 19.9 Å². The van der Waals surface area contributed by atoms with E-state index in [-0.39, 0.29) is 12.5 Å². The predicted molar refractivity (Wildman–Crippen MR) is 96.2 cm³/mol. The Morgan fingerprint density at radius 3 is 2.50 bits per heavy atom. The zero-order valence-electron chi connectivity index (χ0n) is 15.4. The SMILES string of the molecule is Cc1nc(CNC(=O)c2cccc(NC(C)C(C)C)c2C)oc1C. The summed E-state index contributed by atoms with van der Waals surface area (Å²) in [6.07, 6.45) is 0. The molecule has 1 atom stereocenters. The van der Waals surface area contributed by atoms with Crippen LogP contribution in [-0.2, 0) is 6.54 Å². The van der Waals surface area contributed by atoms with Crippen molar-refractivity contribution in [1.29, 1.82) is 0 Å². The molecule has 2 N–H and O–H groups in total. The maximum Gasteiger partial charge on any atom is 0.252 e. The molecule has 0 aliphatic rings. The number of hydrogen-bond acceptors (Lipinski definition) is 4. The lowest BCUT2D eigenvalue weighted by molar-refractivity contribution is 0.0946. The summed E-state index contributed by atoms with van der Waals surface area (Å²) in [6, 6.07) is 6.07. The third kappa shape index (κ3) is 4.16. The highest BCUT2D eigenvalue weighted by molar-refractivity contribution is 5.96. The van der Waals surface area contributed by atoms with Gasteiger partial charge in [0.2, 0.25) is 5.89 Å². The molecule has 0 fully saturated rings. The third-order valence-corrected chi connectivity index (χ3v) is 4.43. The molecular weight excluding hydrogens is 302 g/mol. The molecule has 2 aromatic rings. The van der Waals surface area contributed by atoms with Crippen molar-refractivity contribution in [3.8, 4) is 0 Å². The first-order valence-corrected chi connectivity index (χ1v) is 8.36. The number of carbonyl (C=O) groups is 1. The lowest BCUT2D eigenvalue weighted by Gasteiger charge is -2.21. The van der Waals surface area contributed by atoms with Crippen molar-refractivity contribution >= 4 is 11.6 Å². The summed E-state index contributed by atoms with van der Waals surface area (Å²) in [4.78, 5) is 16.8. The Balaban J connectivity index is 2.09. The molecule has 1 amide bonds. The van der Waals surface area contributed by atoms with Crippen LogP contribution in [0, 0.1) is 26.7 Å². The van der Waals surface area contributed by atoms with Gasteiger partial charge in [0.25, 0.3) is 5.91 Å². The Kier molecular flexibility index (Phi) is 5.65. The number of hydrogen-bond donors (Lipinski definition) is 2. The second-order valence-electron chi connectivity index (χ2n) is 6.59. The minimum Gasteiger partial charge on any atom is -0.444 e. The molecule has 1 aromatic heterocycles. The van der Waals surface area contributed by atoms with Gasteiger partial charge in [0, 0.05) is 17.3 Å². The predicted octanol–water partition coefficient (Wildman–Crippen LogP) is 3.99. The second kappa shape index (κ2) is 7.51. The van der Waals surface area contributed by atoms with Crippen molar-refractivity contribution in [1.82, 2.24) is 10.3 Å². The van der Waals surface area contributed by atoms with Crippen LogP contribution in [0.25, 0.3) is 0 Å². The molecule has 5 heteroatoms. The summed E-state index contributed by atoms with van der Waals surface area (Å²) >= 11 is 0. The number of aromatic nitrogens is 1. The fourth-order valence-corrected chi connectivity index (χ4v) is 2.32. The third-order valence-electron chi connectivity index (χ3n) is 4.43. The quantitative estimate of drug-likeness (QED) is 0.841. The number of benzene rings is 1. The summed E-state index contributed by atoms with van der Waals surface area (Å²) in [5.41, 5.74) is 3.45. The average molecular weight is 329 g/mol. The van der Waals surface area contributed by atoms with E-state index in [0.717, 1.165) is 22.7 Å². The first-order valence-electron chi connectivity index (χ1n) is 8.36. The average Bonchev–Trinajstić information content (AvgIpc) is 2.85. The van der Waals surface area contributed by atoms with Crippen LogP contribution < -0.4 is 10.6 Å². The molecule has 0 saturated heterocycles. The Morgan fingerprint density at radius 1 is 1.21 bits per heavy atom. The van der Waals surface area contributed by atoms with E-state index in [1.165, 1.54) is 0 Å². The van der Waals surface area contributed by atoms with Crippen LogP contribution in [0.2, 0.25) is 0 Å². The first kappa shape index (κ1) is 18.0. The number of rotatable bonds is 6. The largest absolute Gasteiger partial charge is 0.444 e. The van der Waals surface area contributed by atoms with E-state index in [9.17, 15) is 4.79 Å². The molecule has 1 unspecified atom stereocenters. The summed E-state index contributed by atoms with van der Waals surface area (Å²) < 4.78 is 5.50. The van der Waals surface area contributed by atoms with Gasteiger partial charge in [-0.05, 0) is 51.3 Å². The van der Waals surface area contributed by atoms with Crippen LogP contribution in [0.15, 0.2) is 22.6 Å². The number of carbonyl (C=O) groups excluding carboxylic acids is 1. The molecule has 5 nitrogen and oxygen atoms in total. The van der Waals surface area contributed by atoms with Crippen molar-refractivity contribution in [3.63, 3.8) is 0 Å². The van der Waals surface area contributed by atoms with Crippen LogP contribution in [0.5, 0.6) is 0 Å². The molecule has 130 valence electrons. The highest BCUT2D eigenvalue weighted by Gasteiger charge is 2.15. The van der Waals surface area contributed by atoms with Gasteiger partial charge in [-0.25, -0.2) is 4.98 Å². The van der Waals surface area contributed by atoms with Gasteiger partial charge in [0.15, 0.2) is 0 Å². The Hall–Kier alpha value is -2.30. The van der Waals surface area contributed by atoms with E-state index in [1.807, 2.05) is 39.0 Å². The van der Waals surface area contributed by atoms with Crippen LogP contribution in [0.1, 0.15) is 54.0 Å². The summed E-state index contributed by atoms with van der Waals surface area (Å²) in [7, 11) is 0. The van der Waals surface area contributed by atoms with Crippen LogP contribution in [0.4, 0.5) is 5.69 Å². The molecule has 0 radical (unpaired) electrons. The zero-order valence-corrected chi connectivity index (χ0v) is 15.4. The van der Waals surface area contributed by atoms with E-state index in [0.29, 0.717) is 23.4 Å². The van der Waals surface area contributed by atoms with E-state index < -0.39 is 0 Å². The summed E-state index contributed by atoms with van der Waals surface area (Å²) in [5.74, 6) is 1.70. The number of amides is 1. The lowest BCUT2D eigenvalue weighted by Crippen LogP contribution is -2.25. The smallest absolute Gasteiger partial charge is 0.252 e. The number of nitrogens with zero attached hydrogens (tertiary/aromatic N) is 1. The van der Waals surface area contributed by atoms with Crippen molar-refractivity contribution in [2.45, 2.75) is 54.1 Å². The molecule has 0 spiro atoms. The molecule has 0 bridgehead atoms. The minimum atomic E-state index is -0.123.